The Kier molecular flexibility index (Phi) is 7.55. The minimum absolute atomic E-state index is 0.0907. The van der Waals surface area contributed by atoms with Crippen molar-refractivity contribution in [3.63, 3.8) is 0 Å². The van der Waals surface area contributed by atoms with Gasteiger partial charge in [-0.25, -0.2) is 0 Å². The van der Waals surface area contributed by atoms with E-state index in [1.807, 2.05) is 74.5 Å². The van der Waals surface area contributed by atoms with Crippen molar-refractivity contribution in [2.75, 3.05) is 6.61 Å². The van der Waals surface area contributed by atoms with Crippen molar-refractivity contribution in [1.29, 1.82) is 0 Å². The second-order valence-corrected chi connectivity index (χ2v) is 7.08. The standard InChI is InChI=1S/C22H28N2O3/c1-15(2)20(22(27)23-16(3)14-25)24-21(26)19(17-10-6-4-7-11-17)18-12-8-5-9-13-18/h4-13,15-16,19-20,25H,14H2,1-3H3,(H,23,27)(H,24,26)/t16-,20+/m1/s1. The summed E-state index contributed by atoms with van der Waals surface area (Å²) in [7, 11) is 0. The van der Waals surface area contributed by atoms with Crippen LogP contribution in [-0.2, 0) is 9.59 Å². The number of hydrogen-bond acceptors (Lipinski definition) is 3. The van der Waals surface area contributed by atoms with Crippen molar-refractivity contribution in [2.45, 2.75) is 38.8 Å². The van der Waals surface area contributed by atoms with E-state index in [0.717, 1.165) is 11.1 Å². The summed E-state index contributed by atoms with van der Waals surface area (Å²) in [6.07, 6.45) is 0. The maximum absolute atomic E-state index is 13.2. The molecule has 5 heteroatoms. The molecule has 144 valence electrons. The molecule has 2 amide bonds. The molecule has 0 saturated heterocycles. The SMILES string of the molecule is CC(C)[C@H](NC(=O)C(c1ccccc1)c1ccccc1)C(=O)N[C@H](C)CO. The molecule has 27 heavy (non-hydrogen) atoms. The fourth-order valence-corrected chi connectivity index (χ4v) is 2.94. The van der Waals surface area contributed by atoms with E-state index in [1.54, 1.807) is 6.92 Å². The van der Waals surface area contributed by atoms with Gasteiger partial charge in [0.15, 0.2) is 0 Å². The zero-order valence-electron chi connectivity index (χ0n) is 16.1. The predicted octanol–water partition coefficient (Wildman–Crippen LogP) is 2.46. The Morgan fingerprint density at radius 1 is 0.815 bits per heavy atom. The lowest BCUT2D eigenvalue weighted by Gasteiger charge is -2.26. The molecule has 2 aromatic rings. The zero-order valence-corrected chi connectivity index (χ0v) is 16.1. The summed E-state index contributed by atoms with van der Waals surface area (Å²) < 4.78 is 0. The molecule has 0 aromatic heterocycles. The lowest BCUT2D eigenvalue weighted by Crippen LogP contribution is -2.53. The van der Waals surface area contributed by atoms with Crippen LogP contribution in [0.5, 0.6) is 0 Å². The largest absolute Gasteiger partial charge is 0.394 e. The van der Waals surface area contributed by atoms with Gasteiger partial charge in [0.05, 0.1) is 12.5 Å². The predicted molar refractivity (Wildman–Crippen MR) is 106 cm³/mol. The molecule has 0 unspecified atom stereocenters. The number of amides is 2. The number of carbonyl (C=O) groups excluding carboxylic acids is 2. The van der Waals surface area contributed by atoms with Gasteiger partial charge in [0.1, 0.15) is 6.04 Å². The second kappa shape index (κ2) is 9.88. The number of aliphatic hydroxyl groups is 1. The van der Waals surface area contributed by atoms with Crippen LogP contribution in [0.15, 0.2) is 60.7 Å². The Balaban J connectivity index is 2.27. The summed E-state index contributed by atoms with van der Waals surface area (Å²) in [5, 5.41) is 14.8. The van der Waals surface area contributed by atoms with Gasteiger partial charge in [-0.1, -0.05) is 74.5 Å². The third-order valence-electron chi connectivity index (χ3n) is 4.44. The topological polar surface area (TPSA) is 78.4 Å². The molecule has 0 bridgehead atoms. The van der Waals surface area contributed by atoms with Crippen molar-refractivity contribution in [2.24, 2.45) is 5.92 Å². The molecule has 5 nitrogen and oxygen atoms in total. The van der Waals surface area contributed by atoms with Gasteiger partial charge >= 0.3 is 0 Å². The molecule has 0 radical (unpaired) electrons. The summed E-state index contributed by atoms with van der Waals surface area (Å²) in [5.74, 6) is -1.11. The minimum Gasteiger partial charge on any atom is -0.394 e. The fraction of sp³-hybridized carbons (Fsp3) is 0.364. The van der Waals surface area contributed by atoms with Crippen LogP contribution in [0.25, 0.3) is 0 Å². The van der Waals surface area contributed by atoms with Crippen LogP contribution in [-0.4, -0.2) is 35.6 Å². The minimum atomic E-state index is -0.679. The van der Waals surface area contributed by atoms with E-state index < -0.39 is 12.0 Å². The van der Waals surface area contributed by atoms with Crippen molar-refractivity contribution in [1.82, 2.24) is 10.6 Å². The number of benzene rings is 2. The second-order valence-electron chi connectivity index (χ2n) is 7.08. The van der Waals surface area contributed by atoms with Crippen LogP contribution in [0.3, 0.4) is 0 Å². The molecule has 0 heterocycles. The van der Waals surface area contributed by atoms with Crippen molar-refractivity contribution in [3.8, 4) is 0 Å². The number of nitrogens with one attached hydrogen (secondary N) is 2. The van der Waals surface area contributed by atoms with E-state index in [-0.39, 0.29) is 30.4 Å². The molecular formula is C22H28N2O3. The van der Waals surface area contributed by atoms with E-state index in [1.165, 1.54) is 0 Å². The molecule has 0 spiro atoms. The summed E-state index contributed by atoms with van der Waals surface area (Å²) in [6.45, 7) is 5.33. The third-order valence-corrected chi connectivity index (χ3v) is 4.44. The molecule has 2 atom stereocenters. The van der Waals surface area contributed by atoms with Gasteiger partial charge in [-0.15, -0.1) is 0 Å². The Morgan fingerprint density at radius 2 is 1.30 bits per heavy atom. The molecule has 3 N–H and O–H groups in total. The van der Waals surface area contributed by atoms with Gasteiger partial charge in [-0.3, -0.25) is 9.59 Å². The zero-order chi connectivity index (χ0) is 19.8. The summed E-state index contributed by atoms with van der Waals surface area (Å²) >= 11 is 0. The molecule has 0 aliphatic heterocycles. The number of hydrogen-bond donors (Lipinski definition) is 3. The number of rotatable bonds is 8. The number of aliphatic hydroxyl groups excluding tert-OH is 1. The molecule has 0 saturated carbocycles. The highest BCUT2D eigenvalue weighted by atomic mass is 16.3. The van der Waals surface area contributed by atoms with Gasteiger partial charge in [0.25, 0.3) is 0 Å². The van der Waals surface area contributed by atoms with E-state index in [0.29, 0.717) is 0 Å². The Hall–Kier alpha value is -2.66. The first kappa shape index (κ1) is 20.6. The van der Waals surface area contributed by atoms with E-state index in [2.05, 4.69) is 10.6 Å². The van der Waals surface area contributed by atoms with Crippen LogP contribution in [0.4, 0.5) is 0 Å². The van der Waals surface area contributed by atoms with Crippen LogP contribution in [0.1, 0.15) is 37.8 Å². The molecule has 0 aliphatic rings. The lowest BCUT2D eigenvalue weighted by atomic mass is 9.89. The highest BCUT2D eigenvalue weighted by Crippen LogP contribution is 2.25. The molecule has 0 fully saturated rings. The Labute approximate surface area is 160 Å². The van der Waals surface area contributed by atoms with Crippen LogP contribution in [0, 0.1) is 5.92 Å². The fourth-order valence-electron chi connectivity index (χ4n) is 2.94. The van der Waals surface area contributed by atoms with Crippen molar-refractivity contribution in [3.05, 3.63) is 71.8 Å². The van der Waals surface area contributed by atoms with E-state index >= 15 is 0 Å². The van der Waals surface area contributed by atoms with Crippen LogP contribution < -0.4 is 10.6 Å². The first-order valence-electron chi connectivity index (χ1n) is 9.25. The molecular weight excluding hydrogens is 340 g/mol. The average molecular weight is 368 g/mol. The van der Waals surface area contributed by atoms with E-state index in [9.17, 15) is 9.59 Å². The van der Waals surface area contributed by atoms with Gasteiger partial charge in [-0.05, 0) is 24.0 Å². The monoisotopic (exact) mass is 368 g/mol. The van der Waals surface area contributed by atoms with Gasteiger partial charge in [0.2, 0.25) is 11.8 Å². The third kappa shape index (κ3) is 5.66. The lowest BCUT2D eigenvalue weighted by molar-refractivity contribution is -0.130. The van der Waals surface area contributed by atoms with Crippen molar-refractivity contribution < 1.29 is 14.7 Å². The van der Waals surface area contributed by atoms with Gasteiger partial charge in [0, 0.05) is 6.04 Å². The van der Waals surface area contributed by atoms with Crippen LogP contribution in [0.2, 0.25) is 0 Å². The maximum Gasteiger partial charge on any atom is 0.243 e. The van der Waals surface area contributed by atoms with Crippen molar-refractivity contribution >= 4 is 11.8 Å². The summed E-state index contributed by atoms with van der Waals surface area (Å²) in [5.41, 5.74) is 1.74. The Bertz CT molecular complexity index is 692. The maximum atomic E-state index is 13.2. The normalized spacial score (nSPS) is 13.3. The first-order valence-corrected chi connectivity index (χ1v) is 9.25. The summed E-state index contributed by atoms with van der Waals surface area (Å²) in [4.78, 5) is 25.7. The number of carbonyl (C=O) groups is 2. The molecule has 2 rings (SSSR count). The molecule has 2 aromatic carbocycles. The quantitative estimate of drug-likeness (QED) is 0.670. The van der Waals surface area contributed by atoms with Gasteiger partial charge in [-0.2, -0.15) is 0 Å². The molecule has 0 aliphatic carbocycles. The average Bonchev–Trinajstić information content (AvgIpc) is 2.67. The highest BCUT2D eigenvalue weighted by Gasteiger charge is 2.30. The summed E-state index contributed by atoms with van der Waals surface area (Å²) in [6, 6.07) is 18.0. The Morgan fingerprint density at radius 3 is 1.70 bits per heavy atom. The van der Waals surface area contributed by atoms with Gasteiger partial charge < -0.3 is 15.7 Å². The van der Waals surface area contributed by atoms with Crippen LogP contribution >= 0.6 is 0 Å². The first-order chi connectivity index (χ1) is 12.9. The smallest absolute Gasteiger partial charge is 0.243 e. The highest BCUT2D eigenvalue weighted by molar-refractivity contribution is 5.92. The van der Waals surface area contributed by atoms with E-state index in [4.69, 9.17) is 5.11 Å².